The zero-order valence-electron chi connectivity index (χ0n) is 10.9. The van der Waals surface area contributed by atoms with Crippen molar-refractivity contribution in [2.75, 3.05) is 5.73 Å². The summed E-state index contributed by atoms with van der Waals surface area (Å²) in [5, 5.41) is 11.2. The first-order valence-corrected chi connectivity index (χ1v) is 8.04. The van der Waals surface area contributed by atoms with Gasteiger partial charge in [-0.05, 0) is 13.0 Å². The highest BCUT2D eigenvalue weighted by molar-refractivity contribution is 7.89. The number of aromatic nitrogens is 1. The highest BCUT2D eigenvalue weighted by atomic mass is 32.2. The van der Waals surface area contributed by atoms with Crippen LogP contribution in [0.5, 0.6) is 0 Å². The minimum atomic E-state index is -3.85. The maximum absolute atomic E-state index is 12.1. The van der Waals surface area contributed by atoms with E-state index >= 15 is 0 Å². The summed E-state index contributed by atoms with van der Waals surface area (Å²) >= 11 is 1.38. The SMILES string of the molecule is Cc1cnc(CNS(=O)(=O)c2ccc([N+](=O)[O-])cc2N)s1. The Morgan fingerprint density at radius 1 is 1.48 bits per heavy atom. The number of thiazole rings is 1. The van der Waals surface area contributed by atoms with Crippen LogP contribution in [0, 0.1) is 17.0 Å². The molecule has 0 spiro atoms. The van der Waals surface area contributed by atoms with Gasteiger partial charge in [0.25, 0.3) is 5.69 Å². The lowest BCUT2D eigenvalue weighted by Gasteiger charge is -2.07. The van der Waals surface area contributed by atoms with Crippen molar-refractivity contribution in [3.05, 3.63) is 44.4 Å². The Labute approximate surface area is 124 Å². The first kappa shape index (κ1) is 15.4. The van der Waals surface area contributed by atoms with Crippen molar-refractivity contribution in [3.8, 4) is 0 Å². The van der Waals surface area contributed by atoms with Gasteiger partial charge >= 0.3 is 0 Å². The lowest BCUT2D eigenvalue weighted by atomic mass is 10.3. The number of hydrogen-bond acceptors (Lipinski definition) is 7. The Morgan fingerprint density at radius 2 is 2.19 bits per heavy atom. The Bertz CT molecular complexity index is 785. The highest BCUT2D eigenvalue weighted by Crippen LogP contribution is 2.24. The molecule has 0 saturated carbocycles. The summed E-state index contributed by atoms with van der Waals surface area (Å²) in [7, 11) is -3.85. The molecule has 10 heteroatoms. The lowest BCUT2D eigenvalue weighted by molar-refractivity contribution is -0.384. The Morgan fingerprint density at radius 3 is 2.71 bits per heavy atom. The van der Waals surface area contributed by atoms with Gasteiger partial charge in [-0.2, -0.15) is 0 Å². The summed E-state index contributed by atoms with van der Waals surface area (Å²) in [6.45, 7) is 1.90. The van der Waals surface area contributed by atoms with Crippen LogP contribution in [0.15, 0.2) is 29.3 Å². The van der Waals surface area contributed by atoms with Gasteiger partial charge in [-0.15, -0.1) is 11.3 Å². The fourth-order valence-electron chi connectivity index (χ4n) is 1.61. The van der Waals surface area contributed by atoms with Gasteiger partial charge in [-0.1, -0.05) is 0 Å². The number of nitrogens with two attached hydrogens (primary N) is 1. The second-order valence-electron chi connectivity index (χ2n) is 4.17. The number of anilines is 1. The number of nitro benzene ring substituents is 1. The number of benzene rings is 1. The summed E-state index contributed by atoms with van der Waals surface area (Å²) in [5.74, 6) is 0. The number of nitrogens with zero attached hydrogens (tertiary/aromatic N) is 2. The van der Waals surface area contributed by atoms with Crippen LogP contribution in [-0.2, 0) is 16.6 Å². The second-order valence-corrected chi connectivity index (χ2v) is 7.22. The van der Waals surface area contributed by atoms with Crippen LogP contribution in [0.1, 0.15) is 9.88 Å². The molecular weight excluding hydrogens is 316 g/mol. The summed E-state index contributed by atoms with van der Waals surface area (Å²) in [6, 6.07) is 3.23. The van der Waals surface area contributed by atoms with Crippen molar-refractivity contribution < 1.29 is 13.3 Å². The van der Waals surface area contributed by atoms with Crippen LogP contribution in [-0.4, -0.2) is 18.3 Å². The van der Waals surface area contributed by atoms with Gasteiger partial charge in [0.2, 0.25) is 10.0 Å². The molecule has 1 aromatic heterocycles. The molecule has 0 saturated heterocycles. The maximum Gasteiger partial charge on any atom is 0.271 e. The van der Waals surface area contributed by atoms with E-state index in [1.165, 1.54) is 11.3 Å². The van der Waals surface area contributed by atoms with Gasteiger partial charge in [0.1, 0.15) is 9.90 Å². The molecule has 0 radical (unpaired) electrons. The van der Waals surface area contributed by atoms with Crippen LogP contribution in [0.2, 0.25) is 0 Å². The molecule has 0 atom stereocenters. The van der Waals surface area contributed by atoms with Crippen molar-refractivity contribution in [2.45, 2.75) is 18.4 Å². The normalized spacial score (nSPS) is 11.5. The molecule has 3 N–H and O–H groups in total. The summed E-state index contributed by atoms with van der Waals surface area (Å²) in [6.07, 6.45) is 1.65. The Kier molecular flexibility index (Phi) is 4.21. The third kappa shape index (κ3) is 3.54. The van der Waals surface area contributed by atoms with Gasteiger partial charge < -0.3 is 5.73 Å². The van der Waals surface area contributed by atoms with Crippen molar-refractivity contribution in [1.29, 1.82) is 0 Å². The third-order valence-corrected chi connectivity index (χ3v) is 4.96. The average molecular weight is 328 g/mol. The average Bonchev–Trinajstić information content (AvgIpc) is 2.82. The molecule has 8 nitrogen and oxygen atoms in total. The van der Waals surface area contributed by atoms with E-state index in [1.807, 2.05) is 6.92 Å². The van der Waals surface area contributed by atoms with Gasteiger partial charge in [0.15, 0.2) is 0 Å². The molecule has 1 heterocycles. The Balaban J connectivity index is 2.21. The van der Waals surface area contributed by atoms with Crippen molar-refractivity contribution in [3.63, 3.8) is 0 Å². The first-order chi connectivity index (χ1) is 9.79. The van der Waals surface area contributed by atoms with E-state index in [0.717, 1.165) is 23.1 Å². The fraction of sp³-hybridized carbons (Fsp3) is 0.182. The number of nitrogen functional groups attached to an aromatic ring is 1. The molecule has 0 aliphatic heterocycles. The molecule has 0 aliphatic rings. The van der Waals surface area contributed by atoms with E-state index in [2.05, 4.69) is 9.71 Å². The van der Waals surface area contributed by atoms with E-state index in [0.29, 0.717) is 5.01 Å². The van der Waals surface area contributed by atoms with Crippen LogP contribution in [0.3, 0.4) is 0 Å². The van der Waals surface area contributed by atoms with E-state index < -0.39 is 14.9 Å². The molecule has 2 aromatic rings. The quantitative estimate of drug-likeness (QED) is 0.485. The van der Waals surface area contributed by atoms with Crippen molar-refractivity contribution >= 4 is 32.7 Å². The van der Waals surface area contributed by atoms with E-state index in [1.54, 1.807) is 6.20 Å². The largest absolute Gasteiger partial charge is 0.397 e. The predicted octanol–water partition coefficient (Wildman–Crippen LogP) is 1.42. The van der Waals surface area contributed by atoms with Crippen molar-refractivity contribution in [2.24, 2.45) is 0 Å². The molecule has 112 valence electrons. The van der Waals surface area contributed by atoms with Gasteiger partial charge in [-0.25, -0.2) is 18.1 Å². The monoisotopic (exact) mass is 328 g/mol. The maximum atomic E-state index is 12.1. The molecule has 21 heavy (non-hydrogen) atoms. The molecule has 0 amide bonds. The fourth-order valence-corrected chi connectivity index (χ4v) is 3.53. The highest BCUT2D eigenvalue weighted by Gasteiger charge is 2.20. The van der Waals surface area contributed by atoms with Crippen molar-refractivity contribution in [1.82, 2.24) is 9.71 Å². The molecule has 0 unspecified atom stereocenters. The van der Waals surface area contributed by atoms with Gasteiger partial charge in [-0.3, -0.25) is 10.1 Å². The number of nitro groups is 1. The number of non-ortho nitro benzene ring substituents is 1. The summed E-state index contributed by atoms with van der Waals surface area (Å²) in [4.78, 5) is 14.8. The van der Waals surface area contributed by atoms with Crippen LogP contribution < -0.4 is 10.5 Å². The second kappa shape index (κ2) is 5.76. The molecule has 0 bridgehead atoms. The molecule has 2 rings (SSSR count). The van der Waals surface area contributed by atoms with Crippen LogP contribution in [0.4, 0.5) is 11.4 Å². The van der Waals surface area contributed by atoms with Crippen LogP contribution >= 0.6 is 11.3 Å². The first-order valence-electron chi connectivity index (χ1n) is 5.74. The minimum Gasteiger partial charge on any atom is -0.397 e. The molecule has 0 aliphatic carbocycles. The van der Waals surface area contributed by atoms with E-state index in [4.69, 9.17) is 5.73 Å². The molecule has 0 fully saturated rings. The smallest absolute Gasteiger partial charge is 0.271 e. The van der Waals surface area contributed by atoms with E-state index in [-0.39, 0.29) is 22.8 Å². The van der Waals surface area contributed by atoms with Gasteiger partial charge in [0.05, 0.1) is 17.2 Å². The van der Waals surface area contributed by atoms with Crippen LogP contribution in [0.25, 0.3) is 0 Å². The van der Waals surface area contributed by atoms with E-state index in [9.17, 15) is 18.5 Å². The number of aryl methyl sites for hydroxylation is 1. The number of nitrogens with one attached hydrogen (secondary N) is 1. The Hall–Kier alpha value is -2.04. The molecule has 1 aromatic carbocycles. The number of hydrogen-bond donors (Lipinski definition) is 2. The summed E-state index contributed by atoms with van der Waals surface area (Å²) in [5.41, 5.74) is 5.15. The predicted molar refractivity (Wildman–Crippen MR) is 78.4 cm³/mol. The van der Waals surface area contributed by atoms with Gasteiger partial charge in [0, 0.05) is 23.2 Å². The standard InChI is InChI=1S/C11H12N4O4S2/c1-7-5-13-11(20-7)6-14-21(18,19)10-3-2-8(15(16)17)4-9(10)12/h2-5,14H,6,12H2,1H3. The number of sulfonamides is 1. The lowest BCUT2D eigenvalue weighted by Crippen LogP contribution is -2.24. The minimum absolute atomic E-state index is 0.0390. The number of rotatable bonds is 5. The summed E-state index contributed by atoms with van der Waals surface area (Å²) < 4.78 is 26.6. The topological polar surface area (TPSA) is 128 Å². The zero-order valence-corrected chi connectivity index (χ0v) is 12.6. The third-order valence-electron chi connectivity index (χ3n) is 2.58. The zero-order chi connectivity index (χ0) is 15.6. The molecular formula is C11H12N4O4S2.